The van der Waals surface area contributed by atoms with Gasteiger partial charge in [-0.3, -0.25) is 4.79 Å². The summed E-state index contributed by atoms with van der Waals surface area (Å²) in [5.41, 5.74) is 2.58. The molecule has 0 saturated carbocycles. The minimum atomic E-state index is -1.14. The van der Waals surface area contributed by atoms with Crippen LogP contribution in [0.1, 0.15) is 38.8 Å². The fourth-order valence-corrected chi connectivity index (χ4v) is 3.53. The molecular weight excluding hydrogens is 560 g/mol. The van der Waals surface area contributed by atoms with Gasteiger partial charge in [0.25, 0.3) is 0 Å². The largest absolute Gasteiger partial charge is 0.506 e. The van der Waals surface area contributed by atoms with Crippen LogP contribution in [-0.4, -0.2) is 68.7 Å². The Hall–Kier alpha value is -5.13. The number of hydrogen-bond donors (Lipinski definition) is 2. The van der Waals surface area contributed by atoms with Crippen molar-refractivity contribution >= 4 is 30.1 Å². The number of nitrogens with zero attached hydrogens (tertiary/aromatic N) is 1. The summed E-state index contributed by atoms with van der Waals surface area (Å²) in [6.07, 6.45) is 1.76. The number of carbonyl (C=O) groups is 3. The van der Waals surface area contributed by atoms with Gasteiger partial charge in [0, 0.05) is 23.3 Å². The number of aliphatic hydroxyl groups is 1. The molecule has 0 saturated heterocycles. The van der Waals surface area contributed by atoms with Gasteiger partial charge < -0.3 is 33.5 Å². The number of rotatable bonds is 12. The fourth-order valence-electron chi connectivity index (χ4n) is 3.53. The predicted octanol–water partition coefficient (Wildman–Crippen LogP) is 5.68. The van der Waals surface area contributed by atoms with Crippen molar-refractivity contribution in [3.63, 3.8) is 0 Å². The first kappa shape index (κ1) is 34.1. The summed E-state index contributed by atoms with van der Waals surface area (Å²) < 4.78 is 31.5. The van der Waals surface area contributed by atoms with E-state index in [1.165, 1.54) is 46.7 Å². The molecule has 0 unspecified atom stereocenters. The van der Waals surface area contributed by atoms with E-state index < -0.39 is 41.6 Å². The van der Waals surface area contributed by atoms with Gasteiger partial charge in [-0.1, -0.05) is 0 Å². The molecule has 0 spiro atoms. The van der Waals surface area contributed by atoms with Crippen LogP contribution in [0.4, 0.5) is 9.59 Å². The van der Waals surface area contributed by atoms with E-state index in [1.807, 2.05) is 0 Å². The van der Waals surface area contributed by atoms with Gasteiger partial charge in [-0.05, 0) is 76.3 Å². The van der Waals surface area contributed by atoms with E-state index in [0.717, 1.165) is 6.08 Å². The molecule has 0 fully saturated rings. The first-order valence-electron chi connectivity index (χ1n) is 13.2. The molecule has 12 nitrogen and oxygen atoms in total. The van der Waals surface area contributed by atoms with Gasteiger partial charge in [0.15, 0.2) is 5.70 Å². The number of ether oxygens (including phenoxy) is 6. The van der Waals surface area contributed by atoms with E-state index in [0.29, 0.717) is 39.1 Å². The summed E-state index contributed by atoms with van der Waals surface area (Å²) in [5.74, 6) is 0.344. The van der Waals surface area contributed by atoms with Crippen molar-refractivity contribution in [2.75, 3.05) is 28.4 Å². The van der Waals surface area contributed by atoms with Crippen molar-refractivity contribution in [1.82, 2.24) is 10.4 Å². The quantitative estimate of drug-likeness (QED) is 0.136. The SMILES string of the molecule is COc1ccc(/C=C/C(=O)/C(=C(O)/C=C/c2ccc(OC)cc2OC)N(NC(=O)OC(C)C)C(=O)OC(C)C)c(OC)c1. The lowest BCUT2D eigenvalue weighted by Gasteiger charge is -2.25. The van der Waals surface area contributed by atoms with Crippen molar-refractivity contribution in [2.24, 2.45) is 0 Å². The highest BCUT2D eigenvalue weighted by Gasteiger charge is 2.30. The molecule has 0 aliphatic heterocycles. The third-order valence-corrected chi connectivity index (χ3v) is 5.48. The Kier molecular flexibility index (Phi) is 13.0. The lowest BCUT2D eigenvalue weighted by molar-refractivity contribution is -0.113. The Morgan fingerprint density at radius 2 is 1.23 bits per heavy atom. The van der Waals surface area contributed by atoms with Crippen LogP contribution in [0.15, 0.2) is 60.0 Å². The second-order valence-electron chi connectivity index (χ2n) is 9.31. The molecule has 2 N–H and O–H groups in total. The number of hydrazine groups is 1. The highest BCUT2D eigenvalue weighted by Crippen LogP contribution is 2.28. The molecule has 2 amide bonds. The van der Waals surface area contributed by atoms with Crippen LogP contribution in [0.2, 0.25) is 0 Å². The molecular formula is C31H38N2O10. The van der Waals surface area contributed by atoms with Crippen molar-refractivity contribution in [3.05, 3.63) is 71.1 Å². The third kappa shape index (κ3) is 10.0. The number of allylic oxidation sites excluding steroid dienone is 2. The second-order valence-corrected chi connectivity index (χ2v) is 9.31. The molecule has 0 heterocycles. The highest BCUT2D eigenvalue weighted by atomic mass is 16.6. The van der Waals surface area contributed by atoms with E-state index >= 15 is 0 Å². The van der Waals surface area contributed by atoms with Crippen molar-refractivity contribution in [1.29, 1.82) is 0 Å². The molecule has 0 bridgehead atoms. The van der Waals surface area contributed by atoms with Crippen LogP contribution in [0.3, 0.4) is 0 Å². The summed E-state index contributed by atoms with van der Waals surface area (Å²) >= 11 is 0. The van der Waals surface area contributed by atoms with E-state index in [9.17, 15) is 19.5 Å². The van der Waals surface area contributed by atoms with Gasteiger partial charge in [-0.25, -0.2) is 15.0 Å². The van der Waals surface area contributed by atoms with Gasteiger partial charge >= 0.3 is 12.2 Å². The molecule has 2 rings (SSSR count). The average Bonchev–Trinajstić information content (AvgIpc) is 2.97. The minimum Gasteiger partial charge on any atom is -0.506 e. The van der Waals surface area contributed by atoms with Gasteiger partial charge in [0.05, 0.1) is 40.6 Å². The lowest BCUT2D eigenvalue weighted by Crippen LogP contribution is -2.49. The van der Waals surface area contributed by atoms with E-state index in [2.05, 4.69) is 5.43 Å². The van der Waals surface area contributed by atoms with E-state index in [-0.39, 0.29) is 0 Å². The zero-order valence-electron chi connectivity index (χ0n) is 25.5. The Labute approximate surface area is 251 Å². The Morgan fingerprint density at radius 1 is 0.744 bits per heavy atom. The van der Waals surface area contributed by atoms with Crippen LogP contribution in [0, 0.1) is 0 Å². The topological polar surface area (TPSA) is 142 Å². The van der Waals surface area contributed by atoms with Gasteiger partial charge in [-0.15, -0.1) is 0 Å². The molecule has 0 atom stereocenters. The average molecular weight is 599 g/mol. The number of nitrogens with one attached hydrogen (secondary N) is 1. The van der Waals surface area contributed by atoms with Crippen molar-refractivity contribution in [2.45, 2.75) is 39.9 Å². The Bertz CT molecular complexity index is 1380. The second kappa shape index (κ2) is 16.3. The first-order valence-corrected chi connectivity index (χ1v) is 13.2. The predicted molar refractivity (Wildman–Crippen MR) is 160 cm³/mol. The van der Waals surface area contributed by atoms with Crippen LogP contribution in [0.5, 0.6) is 23.0 Å². The number of carbonyl (C=O) groups excluding carboxylic acids is 3. The Balaban J connectivity index is 2.68. The van der Waals surface area contributed by atoms with Crippen LogP contribution < -0.4 is 24.4 Å². The number of methoxy groups -OCH3 is 4. The number of aliphatic hydroxyl groups excluding tert-OH is 1. The maximum atomic E-state index is 13.6. The number of amides is 2. The molecule has 0 aliphatic carbocycles. The maximum Gasteiger partial charge on any atom is 0.434 e. The summed E-state index contributed by atoms with van der Waals surface area (Å²) in [4.78, 5) is 39.3. The van der Waals surface area contributed by atoms with Gasteiger partial charge in [-0.2, -0.15) is 5.01 Å². The van der Waals surface area contributed by atoms with E-state index in [1.54, 1.807) is 64.1 Å². The van der Waals surface area contributed by atoms with Crippen molar-refractivity contribution < 1.29 is 47.9 Å². The van der Waals surface area contributed by atoms with Crippen molar-refractivity contribution in [3.8, 4) is 23.0 Å². The molecule has 0 aromatic heterocycles. The van der Waals surface area contributed by atoms with E-state index in [4.69, 9.17) is 28.4 Å². The zero-order valence-corrected chi connectivity index (χ0v) is 25.5. The number of hydrogen-bond acceptors (Lipinski definition) is 10. The summed E-state index contributed by atoms with van der Waals surface area (Å²) in [6, 6.07) is 9.93. The highest BCUT2D eigenvalue weighted by molar-refractivity contribution is 6.08. The number of benzene rings is 2. The van der Waals surface area contributed by atoms with Crippen LogP contribution >= 0.6 is 0 Å². The normalized spacial score (nSPS) is 11.8. The standard InChI is InChI=1S/C31H38N2O10/c1-19(2)42-30(36)32-33(31(37)43-20(3)4)29(25(34)15-11-21-9-13-23(38-5)17-27(21)40-7)26(35)16-12-22-10-14-24(39-6)18-28(22)41-8/h9-20,34H,1-8H3,(H,32,36)/b15-11+,16-12+,29-25+. The third-order valence-electron chi connectivity index (χ3n) is 5.48. The lowest BCUT2D eigenvalue weighted by atomic mass is 10.1. The molecule has 0 radical (unpaired) electrons. The molecule has 2 aromatic rings. The molecule has 232 valence electrons. The number of ketones is 1. The fraction of sp³-hybridized carbons (Fsp3) is 0.323. The molecule has 2 aromatic carbocycles. The van der Waals surface area contributed by atoms with Crippen LogP contribution in [0.25, 0.3) is 12.2 Å². The summed E-state index contributed by atoms with van der Waals surface area (Å²) in [7, 11) is 5.93. The van der Waals surface area contributed by atoms with Crippen LogP contribution in [-0.2, 0) is 14.3 Å². The molecule has 12 heteroatoms. The summed E-state index contributed by atoms with van der Waals surface area (Å²) in [6.45, 7) is 6.37. The zero-order chi connectivity index (χ0) is 32.1. The molecule has 0 aliphatic rings. The maximum absolute atomic E-state index is 13.6. The monoisotopic (exact) mass is 598 g/mol. The van der Waals surface area contributed by atoms with Gasteiger partial charge in [0.1, 0.15) is 28.8 Å². The minimum absolute atomic E-state index is 0.402. The summed E-state index contributed by atoms with van der Waals surface area (Å²) in [5, 5.41) is 11.7. The smallest absolute Gasteiger partial charge is 0.434 e. The Morgan fingerprint density at radius 3 is 1.67 bits per heavy atom. The first-order chi connectivity index (χ1) is 20.4. The molecule has 43 heavy (non-hydrogen) atoms. The van der Waals surface area contributed by atoms with Gasteiger partial charge in [0.2, 0.25) is 5.78 Å².